The average molecular weight is 475 g/mol. The van der Waals surface area contributed by atoms with Crippen molar-refractivity contribution in [2.24, 2.45) is 0 Å². The van der Waals surface area contributed by atoms with Gasteiger partial charge in [-0.2, -0.15) is 0 Å². The average Bonchev–Trinajstić information content (AvgIpc) is 3.56. The minimum atomic E-state index is 0.585. The van der Waals surface area contributed by atoms with E-state index in [1.165, 1.54) is 0 Å². The van der Waals surface area contributed by atoms with E-state index < -0.39 is 0 Å². The van der Waals surface area contributed by atoms with Gasteiger partial charge in [-0.05, 0) is 59.7 Å². The number of aromatic nitrogens is 2. The predicted octanol–water partition coefficient (Wildman–Crippen LogP) is 7.49. The van der Waals surface area contributed by atoms with Crippen molar-refractivity contribution in [1.82, 2.24) is 9.97 Å². The largest absolute Gasteiger partial charge is 0.497 e. The van der Waals surface area contributed by atoms with E-state index in [1.807, 2.05) is 84.9 Å². The standard InChI is InChI=1S/C30H22N2O4/c1-33-23-13-15-27-25(17-23)31-29(35-27)21-9-5-19(6-10-21)3-4-20-7-11-22(12-8-20)30-32-26-18-24(34-2)14-16-28(26)36-30/h3-18H,1-2H3/b4-3+. The molecule has 0 atom stereocenters. The SMILES string of the molecule is COc1ccc2oc(-c3ccc(/C=C/c4ccc(-c5nc6cc(OC)ccc6o5)cc4)cc3)nc2c1. The number of hydrogen-bond acceptors (Lipinski definition) is 6. The number of ether oxygens (including phenoxy) is 2. The van der Waals surface area contributed by atoms with Crippen molar-refractivity contribution >= 4 is 34.4 Å². The number of fused-ring (bicyclic) bond motifs is 2. The molecule has 0 aliphatic rings. The fourth-order valence-electron chi connectivity index (χ4n) is 3.98. The molecule has 0 aliphatic heterocycles. The summed E-state index contributed by atoms with van der Waals surface area (Å²) >= 11 is 0. The quantitative estimate of drug-likeness (QED) is 0.233. The first kappa shape index (κ1) is 21.7. The molecule has 0 radical (unpaired) electrons. The topological polar surface area (TPSA) is 70.5 Å². The summed E-state index contributed by atoms with van der Waals surface area (Å²) in [6, 6.07) is 27.4. The summed E-state index contributed by atoms with van der Waals surface area (Å²) in [5.74, 6) is 2.68. The fourth-order valence-corrected chi connectivity index (χ4v) is 3.98. The van der Waals surface area contributed by atoms with Crippen LogP contribution in [0.1, 0.15) is 11.1 Å². The van der Waals surface area contributed by atoms with Crippen LogP contribution in [0, 0.1) is 0 Å². The second-order valence-corrected chi connectivity index (χ2v) is 8.28. The van der Waals surface area contributed by atoms with Crippen LogP contribution < -0.4 is 9.47 Å². The zero-order valence-electron chi connectivity index (χ0n) is 19.8. The number of rotatable bonds is 6. The number of hydrogen-bond donors (Lipinski definition) is 0. The summed E-state index contributed by atoms with van der Waals surface area (Å²) < 4.78 is 22.3. The molecule has 4 aromatic carbocycles. The van der Waals surface area contributed by atoms with E-state index in [4.69, 9.17) is 18.3 Å². The molecule has 0 saturated carbocycles. The van der Waals surface area contributed by atoms with Crippen molar-refractivity contribution < 1.29 is 18.3 Å². The Hall–Kier alpha value is -4.84. The Bertz CT molecular complexity index is 1570. The Morgan fingerprint density at radius 2 is 0.972 bits per heavy atom. The third-order valence-electron chi connectivity index (χ3n) is 5.97. The molecule has 0 N–H and O–H groups in total. The van der Waals surface area contributed by atoms with Crippen LogP contribution in [-0.4, -0.2) is 24.2 Å². The van der Waals surface area contributed by atoms with Crippen LogP contribution in [0.2, 0.25) is 0 Å². The smallest absolute Gasteiger partial charge is 0.227 e. The molecule has 0 bridgehead atoms. The molecule has 0 fully saturated rings. The van der Waals surface area contributed by atoms with E-state index in [1.54, 1.807) is 14.2 Å². The lowest BCUT2D eigenvalue weighted by Crippen LogP contribution is -1.81. The third-order valence-corrected chi connectivity index (χ3v) is 5.97. The first-order valence-corrected chi connectivity index (χ1v) is 11.5. The van der Waals surface area contributed by atoms with Gasteiger partial charge in [0, 0.05) is 23.3 Å². The zero-order valence-corrected chi connectivity index (χ0v) is 19.8. The van der Waals surface area contributed by atoms with Crippen molar-refractivity contribution in [3.05, 3.63) is 96.1 Å². The molecule has 0 aliphatic carbocycles. The highest BCUT2D eigenvalue weighted by Crippen LogP contribution is 2.29. The first-order chi connectivity index (χ1) is 17.7. The fraction of sp³-hybridized carbons (Fsp3) is 0.0667. The summed E-state index contributed by atoms with van der Waals surface area (Å²) in [5.41, 5.74) is 7.00. The van der Waals surface area contributed by atoms with Gasteiger partial charge >= 0.3 is 0 Å². The summed E-state index contributed by atoms with van der Waals surface area (Å²) in [4.78, 5) is 9.17. The number of methoxy groups -OCH3 is 2. The van der Waals surface area contributed by atoms with Gasteiger partial charge in [-0.15, -0.1) is 0 Å². The van der Waals surface area contributed by atoms with Crippen LogP contribution in [0.15, 0.2) is 93.8 Å². The van der Waals surface area contributed by atoms with Crippen molar-refractivity contribution in [3.8, 4) is 34.4 Å². The molecular formula is C30H22N2O4. The highest BCUT2D eigenvalue weighted by Gasteiger charge is 2.10. The molecule has 6 heteroatoms. The molecule has 6 rings (SSSR count). The number of nitrogens with zero attached hydrogens (tertiary/aromatic N) is 2. The van der Waals surface area contributed by atoms with E-state index >= 15 is 0 Å². The Morgan fingerprint density at radius 3 is 1.36 bits per heavy atom. The Morgan fingerprint density at radius 1 is 0.556 bits per heavy atom. The molecular weight excluding hydrogens is 452 g/mol. The molecule has 6 aromatic rings. The number of oxazole rings is 2. The van der Waals surface area contributed by atoms with Crippen LogP contribution >= 0.6 is 0 Å². The highest BCUT2D eigenvalue weighted by atomic mass is 16.5. The maximum atomic E-state index is 5.90. The van der Waals surface area contributed by atoms with Gasteiger partial charge in [-0.1, -0.05) is 36.4 Å². The van der Waals surface area contributed by atoms with Gasteiger partial charge in [-0.3, -0.25) is 0 Å². The highest BCUT2D eigenvalue weighted by molar-refractivity contribution is 5.79. The molecule has 2 heterocycles. The van der Waals surface area contributed by atoms with Gasteiger partial charge in [0.1, 0.15) is 22.5 Å². The Labute approximate surface area is 207 Å². The monoisotopic (exact) mass is 474 g/mol. The Balaban J connectivity index is 1.17. The molecule has 36 heavy (non-hydrogen) atoms. The van der Waals surface area contributed by atoms with Crippen molar-refractivity contribution in [2.45, 2.75) is 0 Å². The van der Waals surface area contributed by atoms with Gasteiger partial charge in [0.2, 0.25) is 11.8 Å². The van der Waals surface area contributed by atoms with Gasteiger partial charge in [-0.25, -0.2) is 9.97 Å². The maximum Gasteiger partial charge on any atom is 0.227 e. The molecule has 0 amide bonds. The predicted molar refractivity (Wildman–Crippen MR) is 141 cm³/mol. The van der Waals surface area contributed by atoms with Crippen LogP contribution in [0.4, 0.5) is 0 Å². The first-order valence-electron chi connectivity index (χ1n) is 11.5. The summed E-state index contributed by atoms with van der Waals surface area (Å²) in [6.07, 6.45) is 4.14. The molecule has 0 spiro atoms. The Kier molecular flexibility index (Phi) is 5.46. The lowest BCUT2D eigenvalue weighted by molar-refractivity contribution is 0.415. The molecule has 0 saturated heterocycles. The summed E-state index contributed by atoms with van der Waals surface area (Å²) in [5, 5.41) is 0. The molecule has 6 nitrogen and oxygen atoms in total. The van der Waals surface area contributed by atoms with Crippen molar-refractivity contribution in [2.75, 3.05) is 14.2 Å². The normalized spacial score (nSPS) is 11.5. The van der Waals surface area contributed by atoms with Crippen molar-refractivity contribution in [1.29, 1.82) is 0 Å². The van der Waals surface area contributed by atoms with E-state index in [2.05, 4.69) is 22.1 Å². The van der Waals surface area contributed by atoms with Gasteiger partial charge in [0.25, 0.3) is 0 Å². The van der Waals surface area contributed by atoms with Gasteiger partial charge in [0.15, 0.2) is 11.2 Å². The molecule has 176 valence electrons. The maximum absolute atomic E-state index is 5.90. The zero-order chi connectivity index (χ0) is 24.5. The van der Waals surface area contributed by atoms with E-state index in [0.717, 1.165) is 56.0 Å². The van der Waals surface area contributed by atoms with Gasteiger partial charge < -0.3 is 18.3 Å². The second-order valence-electron chi connectivity index (χ2n) is 8.28. The van der Waals surface area contributed by atoms with Crippen LogP contribution in [-0.2, 0) is 0 Å². The minimum Gasteiger partial charge on any atom is -0.497 e. The minimum absolute atomic E-state index is 0.585. The lowest BCUT2D eigenvalue weighted by atomic mass is 10.1. The molecule has 0 unspecified atom stereocenters. The molecule has 2 aromatic heterocycles. The summed E-state index contributed by atoms with van der Waals surface area (Å²) in [7, 11) is 3.27. The van der Waals surface area contributed by atoms with E-state index in [9.17, 15) is 0 Å². The van der Waals surface area contributed by atoms with Crippen molar-refractivity contribution in [3.63, 3.8) is 0 Å². The number of benzene rings is 4. The van der Waals surface area contributed by atoms with Gasteiger partial charge in [0.05, 0.1) is 14.2 Å². The summed E-state index contributed by atoms with van der Waals surface area (Å²) in [6.45, 7) is 0. The third kappa shape index (κ3) is 4.20. The van der Waals surface area contributed by atoms with E-state index in [-0.39, 0.29) is 0 Å². The van der Waals surface area contributed by atoms with Crippen LogP contribution in [0.25, 0.3) is 57.3 Å². The van der Waals surface area contributed by atoms with Crippen LogP contribution in [0.3, 0.4) is 0 Å². The lowest BCUT2D eigenvalue weighted by Gasteiger charge is -1.99. The van der Waals surface area contributed by atoms with Crippen LogP contribution in [0.5, 0.6) is 11.5 Å². The second kappa shape index (κ2) is 9.07. The van der Waals surface area contributed by atoms with E-state index in [0.29, 0.717) is 11.8 Å².